The summed E-state index contributed by atoms with van der Waals surface area (Å²) in [5.41, 5.74) is 3.47. The molecule has 1 unspecified atom stereocenters. The summed E-state index contributed by atoms with van der Waals surface area (Å²) in [6.07, 6.45) is 3.15. The number of carbonyl (C=O) groups excluding carboxylic acids is 2. The van der Waals surface area contributed by atoms with Crippen molar-refractivity contribution in [1.29, 1.82) is 0 Å². The second-order valence-corrected chi connectivity index (χ2v) is 10.8. The first-order valence-corrected chi connectivity index (χ1v) is 14.2. The lowest BCUT2D eigenvalue weighted by atomic mass is 10.0. The van der Waals surface area contributed by atoms with Crippen LogP contribution in [-0.2, 0) is 32.5 Å². The van der Waals surface area contributed by atoms with Gasteiger partial charge in [-0.3, -0.25) is 9.78 Å². The van der Waals surface area contributed by atoms with Gasteiger partial charge in [0, 0.05) is 24.6 Å². The number of hydrogen-bond acceptors (Lipinski definition) is 7. The van der Waals surface area contributed by atoms with E-state index in [0.717, 1.165) is 23.8 Å². The number of carboxylic acid groups (broad SMARTS) is 1. The van der Waals surface area contributed by atoms with Crippen LogP contribution in [0.4, 0.5) is 10.5 Å². The Bertz CT molecular complexity index is 1680. The second-order valence-electron chi connectivity index (χ2n) is 9.14. The maximum Gasteiger partial charge on any atom is 0.339 e. The van der Waals surface area contributed by atoms with Crippen LogP contribution >= 0.6 is 0 Å². The molecule has 42 heavy (non-hydrogen) atoms. The zero-order chi connectivity index (χ0) is 30.1. The predicted octanol–water partition coefficient (Wildman–Crippen LogP) is 3.83. The van der Waals surface area contributed by atoms with E-state index in [0.29, 0.717) is 17.8 Å². The van der Waals surface area contributed by atoms with Crippen LogP contribution < -0.4 is 15.4 Å². The summed E-state index contributed by atoms with van der Waals surface area (Å²) in [6, 6.07) is 21.3. The van der Waals surface area contributed by atoms with Crippen LogP contribution in [0, 0.1) is 0 Å². The third kappa shape index (κ3) is 7.77. The van der Waals surface area contributed by atoms with Crippen molar-refractivity contribution in [2.45, 2.75) is 23.9 Å². The Morgan fingerprint density at radius 2 is 1.60 bits per heavy atom. The summed E-state index contributed by atoms with van der Waals surface area (Å²) in [4.78, 5) is 39.9. The van der Waals surface area contributed by atoms with E-state index in [2.05, 4.69) is 25.1 Å². The average molecular weight is 589 g/mol. The lowest BCUT2D eigenvalue weighted by molar-refractivity contribution is -0.138. The largest absolute Gasteiger partial charge is 0.480 e. The number of methoxy groups -OCH3 is 1. The quantitative estimate of drug-likeness (QED) is 0.192. The standard InChI is InChI=1S/C30H28N4O7S/c1-41-29(37)25-7-2-3-8-27(25)42(39,40)34-26(28(35)36)17-20-9-11-22(12-10-20)23-5-4-6-24(18-23)33-30(38)32-19-21-13-15-31-16-14-21/h2-16,18,26,34H,17,19H2,1H3,(H,35,36)(H2,32,33,38). The minimum absolute atomic E-state index is 0.144. The minimum Gasteiger partial charge on any atom is -0.480 e. The van der Waals surface area contributed by atoms with Crippen LogP contribution in [0.5, 0.6) is 0 Å². The van der Waals surface area contributed by atoms with Gasteiger partial charge in [-0.25, -0.2) is 18.0 Å². The molecule has 0 saturated heterocycles. The number of benzene rings is 3. The fourth-order valence-corrected chi connectivity index (χ4v) is 5.50. The molecular formula is C30H28N4O7S. The highest BCUT2D eigenvalue weighted by Crippen LogP contribution is 2.24. The van der Waals surface area contributed by atoms with Gasteiger partial charge in [-0.15, -0.1) is 0 Å². The summed E-state index contributed by atoms with van der Waals surface area (Å²) >= 11 is 0. The molecule has 1 atom stereocenters. The van der Waals surface area contributed by atoms with Gasteiger partial charge in [0.15, 0.2) is 0 Å². The number of amides is 2. The highest BCUT2D eigenvalue weighted by molar-refractivity contribution is 7.89. The Labute approximate surface area is 242 Å². The molecule has 4 N–H and O–H groups in total. The molecule has 0 fully saturated rings. The molecule has 216 valence electrons. The van der Waals surface area contributed by atoms with Crippen molar-refractivity contribution in [2.24, 2.45) is 0 Å². The number of rotatable bonds is 11. The molecule has 0 aliphatic heterocycles. The Balaban J connectivity index is 1.43. The van der Waals surface area contributed by atoms with Gasteiger partial charge in [0.25, 0.3) is 0 Å². The van der Waals surface area contributed by atoms with Crippen LogP contribution in [0.1, 0.15) is 21.5 Å². The molecule has 1 heterocycles. The predicted molar refractivity (Wildman–Crippen MR) is 155 cm³/mol. The fraction of sp³-hybridized carbons (Fsp3) is 0.133. The third-order valence-electron chi connectivity index (χ3n) is 6.23. The number of pyridine rings is 1. The summed E-state index contributed by atoms with van der Waals surface area (Å²) in [5, 5.41) is 15.3. The number of anilines is 1. The number of urea groups is 1. The first-order valence-electron chi connectivity index (χ1n) is 12.7. The number of nitrogens with one attached hydrogen (secondary N) is 3. The molecule has 0 spiro atoms. The van der Waals surface area contributed by atoms with E-state index in [1.54, 1.807) is 54.9 Å². The molecule has 4 aromatic rings. The zero-order valence-corrected chi connectivity index (χ0v) is 23.3. The van der Waals surface area contributed by atoms with Crippen molar-refractivity contribution in [1.82, 2.24) is 15.0 Å². The molecule has 0 radical (unpaired) electrons. The van der Waals surface area contributed by atoms with Crippen LogP contribution in [0.2, 0.25) is 0 Å². The van der Waals surface area contributed by atoms with Crippen molar-refractivity contribution in [3.63, 3.8) is 0 Å². The molecular weight excluding hydrogens is 560 g/mol. The SMILES string of the molecule is COC(=O)c1ccccc1S(=O)(=O)NC(Cc1ccc(-c2cccc(NC(=O)NCc3ccncc3)c2)cc1)C(=O)O. The molecule has 12 heteroatoms. The molecule has 11 nitrogen and oxygen atoms in total. The number of sulfonamides is 1. The number of aliphatic carboxylic acids is 1. The lowest BCUT2D eigenvalue weighted by Crippen LogP contribution is -2.42. The van der Waals surface area contributed by atoms with Crippen molar-refractivity contribution in [3.8, 4) is 11.1 Å². The van der Waals surface area contributed by atoms with Crippen LogP contribution in [0.25, 0.3) is 11.1 Å². The van der Waals surface area contributed by atoms with E-state index in [4.69, 9.17) is 0 Å². The van der Waals surface area contributed by atoms with E-state index in [-0.39, 0.29) is 22.9 Å². The number of carboxylic acids is 1. The summed E-state index contributed by atoms with van der Waals surface area (Å²) in [5.74, 6) is -2.23. The van der Waals surface area contributed by atoms with Crippen LogP contribution in [0.15, 0.2) is 102 Å². The Morgan fingerprint density at radius 1 is 0.881 bits per heavy atom. The topological polar surface area (TPSA) is 164 Å². The number of nitrogens with zero attached hydrogens (tertiary/aromatic N) is 1. The summed E-state index contributed by atoms with van der Waals surface area (Å²) < 4.78 is 32.9. The monoisotopic (exact) mass is 588 g/mol. The number of carbonyl (C=O) groups is 3. The second kappa shape index (κ2) is 13.5. The van der Waals surface area contributed by atoms with Crippen molar-refractivity contribution in [2.75, 3.05) is 12.4 Å². The smallest absolute Gasteiger partial charge is 0.339 e. The van der Waals surface area contributed by atoms with Crippen LogP contribution in [0.3, 0.4) is 0 Å². The van der Waals surface area contributed by atoms with Gasteiger partial charge in [0.2, 0.25) is 10.0 Å². The van der Waals surface area contributed by atoms with Crippen LogP contribution in [-0.4, -0.2) is 49.6 Å². The molecule has 0 bridgehead atoms. The van der Waals surface area contributed by atoms with Gasteiger partial charge in [0.05, 0.1) is 17.6 Å². The number of esters is 1. The van der Waals surface area contributed by atoms with Gasteiger partial charge >= 0.3 is 18.0 Å². The van der Waals surface area contributed by atoms with E-state index < -0.39 is 28.0 Å². The number of hydrogen-bond donors (Lipinski definition) is 4. The molecule has 0 aliphatic carbocycles. The van der Waals surface area contributed by atoms with E-state index in [9.17, 15) is 27.9 Å². The number of aromatic nitrogens is 1. The Hall–Kier alpha value is -5.07. The summed E-state index contributed by atoms with van der Waals surface area (Å²) in [6.45, 7) is 0.348. The average Bonchev–Trinajstić information content (AvgIpc) is 3.00. The van der Waals surface area contributed by atoms with E-state index in [1.165, 1.54) is 24.3 Å². The molecule has 3 aromatic carbocycles. The maximum atomic E-state index is 13.0. The first kappa shape index (κ1) is 29.9. The fourth-order valence-electron chi connectivity index (χ4n) is 4.11. The van der Waals surface area contributed by atoms with Gasteiger partial charge < -0.3 is 20.5 Å². The van der Waals surface area contributed by atoms with E-state index in [1.807, 2.05) is 18.2 Å². The van der Waals surface area contributed by atoms with Gasteiger partial charge in [-0.1, -0.05) is 48.5 Å². The normalized spacial score (nSPS) is 11.7. The van der Waals surface area contributed by atoms with Gasteiger partial charge in [-0.2, -0.15) is 4.72 Å². The van der Waals surface area contributed by atoms with Gasteiger partial charge in [0.1, 0.15) is 6.04 Å². The first-order chi connectivity index (χ1) is 20.2. The highest BCUT2D eigenvalue weighted by Gasteiger charge is 2.29. The minimum atomic E-state index is -4.37. The lowest BCUT2D eigenvalue weighted by Gasteiger charge is -2.16. The third-order valence-corrected chi connectivity index (χ3v) is 7.76. The maximum absolute atomic E-state index is 13.0. The highest BCUT2D eigenvalue weighted by atomic mass is 32.2. The van der Waals surface area contributed by atoms with Gasteiger partial charge in [-0.05, 0) is 65.1 Å². The molecule has 1 aromatic heterocycles. The van der Waals surface area contributed by atoms with Crippen molar-refractivity contribution in [3.05, 3.63) is 114 Å². The number of ether oxygens (including phenoxy) is 1. The van der Waals surface area contributed by atoms with Crippen molar-refractivity contribution >= 4 is 33.7 Å². The molecule has 0 saturated carbocycles. The molecule has 4 rings (SSSR count). The zero-order valence-electron chi connectivity index (χ0n) is 22.5. The summed E-state index contributed by atoms with van der Waals surface area (Å²) in [7, 11) is -3.25. The Kier molecular flexibility index (Phi) is 9.63. The Morgan fingerprint density at radius 3 is 2.29 bits per heavy atom. The molecule has 2 amide bonds. The molecule has 0 aliphatic rings. The van der Waals surface area contributed by atoms with E-state index >= 15 is 0 Å². The van der Waals surface area contributed by atoms with Crippen molar-refractivity contribution < 1.29 is 32.6 Å².